The number of piperazine rings is 1. The third-order valence-corrected chi connectivity index (χ3v) is 9.73. The van der Waals surface area contributed by atoms with Crippen molar-refractivity contribution in [3.63, 3.8) is 0 Å². The number of likely N-dealkylation sites (N-methyl/N-ethyl adjacent to an activating group) is 1. The second kappa shape index (κ2) is 10.9. The Labute approximate surface area is 249 Å². The van der Waals surface area contributed by atoms with Crippen LogP contribution in [0.3, 0.4) is 0 Å². The Hall–Kier alpha value is -4.10. The van der Waals surface area contributed by atoms with Gasteiger partial charge in [0.2, 0.25) is 12.5 Å². The largest absolute Gasteiger partial charge is 0.462 e. The number of anilines is 1. The van der Waals surface area contributed by atoms with Crippen molar-refractivity contribution in [1.82, 2.24) is 19.8 Å². The van der Waals surface area contributed by atoms with E-state index in [1.165, 1.54) is 17.7 Å². The van der Waals surface area contributed by atoms with E-state index in [2.05, 4.69) is 27.4 Å². The van der Waals surface area contributed by atoms with Crippen molar-refractivity contribution >= 4 is 22.6 Å². The molecule has 7 rings (SSSR count). The molecule has 2 aromatic carbocycles. The molecule has 0 spiro atoms. The van der Waals surface area contributed by atoms with Gasteiger partial charge in [0.15, 0.2) is 5.82 Å². The number of benzene rings is 2. The molecule has 0 N–H and O–H groups in total. The number of amides is 1. The molecule has 2 aliphatic heterocycles. The maximum absolute atomic E-state index is 16.6. The SMILES string of the molecule is [C-]#[N+]C[C@H]1CN(c2nc(OC[C@@H]3CCCN3C)nc3c(F)c(-c4cccc5c4CC4CC54)c(F)cc23)CCN1C(=O)C=C. The number of likely N-dealkylation sites (tertiary alicyclic amines) is 1. The molecule has 1 saturated carbocycles. The number of rotatable bonds is 7. The molecule has 1 amide bonds. The van der Waals surface area contributed by atoms with Crippen LogP contribution in [0.2, 0.25) is 0 Å². The van der Waals surface area contributed by atoms with E-state index < -0.39 is 17.7 Å². The number of aromatic nitrogens is 2. The van der Waals surface area contributed by atoms with Crippen molar-refractivity contribution in [2.24, 2.45) is 5.92 Å². The Morgan fingerprint density at radius 3 is 2.86 bits per heavy atom. The first kappa shape index (κ1) is 27.7. The number of carbonyl (C=O) groups is 1. The Balaban J connectivity index is 1.32. The number of nitrogens with zero attached hydrogens (tertiary/aromatic N) is 6. The molecule has 43 heavy (non-hydrogen) atoms. The van der Waals surface area contributed by atoms with Gasteiger partial charge in [0.1, 0.15) is 29.8 Å². The van der Waals surface area contributed by atoms with Crippen LogP contribution in [0.25, 0.3) is 26.9 Å². The first-order valence-corrected chi connectivity index (χ1v) is 15.0. The van der Waals surface area contributed by atoms with Crippen molar-refractivity contribution in [3.8, 4) is 17.1 Å². The van der Waals surface area contributed by atoms with Gasteiger partial charge in [-0.25, -0.2) is 15.4 Å². The van der Waals surface area contributed by atoms with Crippen LogP contribution < -0.4 is 9.64 Å². The average molecular weight is 585 g/mol. The number of carbonyl (C=O) groups excluding carboxylic acids is 1. The Morgan fingerprint density at radius 2 is 2.09 bits per heavy atom. The van der Waals surface area contributed by atoms with Gasteiger partial charge in [-0.2, -0.15) is 9.97 Å². The highest BCUT2D eigenvalue weighted by Gasteiger charge is 2.46. The summed E-state index contributed by atoms with van der Waals surface area (Å²) in [4.78, 5) is 31.0. The van der Waals surface area contributed by atoms with Crippen LogP contribution >= 0.6 is 0 Å². The predicted octanol–water partition coefficient (Wildman–Crippen LogP) is 4.83. The first-order valence-electron chi connectivity index (χ1n) is 15.0. The van der Waals surface area contributed by atoms with Gasteiger partial charge in [0.25, 0.3) is 0 Å². The molecular weight excluding hydrogens is 550 g/mol. The molecule has 0 bridgehead atoms. The number of fused-ring (bicyclic) bond motifs is 4. The zero-order chi connectivity index (χ0) is 29.8. The average Bonchev–Trinajstić information content (AvgIpc) is 3.50. The van der Waals surface area contributed by atoms with Gasteiger partial charge in [-0.05, 0) is 79.9 Å². The van der Waals surface area contributed by atoms with E-state index in [1.807, 2.05) is 18.0 Å². The Kier molecular flexibility index (Phi) is 7.01. The van der Waals surface area contributed by atoms with Gasteiger partial charge in [0.05, 0.1) is 5.56 Å². The normalized spacial score (nSPS) is 24.5. The minimum absolute atomic E-state index is 0.00302. The van der Waals surface area contributed by atoms with Crippen LogP contribution in [0.4, 0.5) is 14.6 Å². The van der Waals surface area contributed by atoms with Gasteiger partial charge in [-0.1, -0.05) is 24.8 Å². The Morgan fingerprint density at radius 1 is 1.23 bits per heavy atom. The molecule has 8 nitrogen and oxygen atoms in total. The maximum Gasteiger partial charge on any atom is 0.319 e. The fourth-order valence-corrected chi connectivity index (χ4v) is 7.32. The fraction of sp³-hybridized carbons (Fsp3) is 0.455. The summed E-state index contributed by atoms with van der Waals surface area (Å²) < 4.78 is 38.8. The molecule has 10 heteroatoms. The van der Waals surface area contributed by atoms with Crippen LogP contribution in [-0.2, 0) is 11.2 Å². The van der Waals surface area contributed by atoms with Crippen molar-refractivity contribution < 1.29 is 18.3 Å². The summed E-state index contributed by atoms with van der Waals surface area (Å²) in [6.07, 6.45) is 5.29. The monoisotopic (exact) mass is 584 g/mol. The van der Waals surface area contributed by atoms with Gasteiger partial charge in [-0.3, -0.25) is 4.79 Å². The van der Waals surface area contributed by atoms with Crippen molar-refractivity contribution in [2.75, 3.05) is 51.3 Å². The summed E-state index contributed by atoms with van der Waals surface area (Å²) in [5, 5.41) is 0.240. The molecule has 4 atom stereocenters. The van der Waals surface area contributed by atoms with Crippen LogP contribution in [0, 0.1) is 24.1 Å². The summed E-state index contributed by atoms with van der Waals surface area (Å²) in [6, 6.07) is 6.91. The molecule has 1 aromatic heterocycles. The van der Waals surface area contributed by atoms with Crippen LogP contribution in [0.5, 0.6) is 6.01 Å². The lowest BCUT2D eigenvalue weighted by molar-refractivity contribution is -0.128. The van der Waals surface area contributed by atoms with E-state index >= 15 is 8.78 Å². The second-order valence-electron chi connectivity index (χ2n) is 12.2. The molecule has 4 aliphatic rings. The molecule has 3 fully saturated rings. The topological polar surface area (TPSA) is 66.2 Å². The van der Waals surface area contributed by atoms with Gasteiger partial charge < -0.3 is 24.3 Å². The summed E-state index contributed by atoms with van der Waals surface area (Å²) in [6.45, 7) is 13.4. The van der Waals surface area contributed by atoms with Crippen molar-refractivity contribution in [3.05, 3.63) is 71.1 Å². The highest BCUT2D eigenvalue weighted by molar-refractivity contribution is 5.94. The van der Waals surface area contributed by atoms with Gasteiger partial charge in [0, 0.05) is 31.1 Å². The molecular formula is C33H34F2N6O2. The number of hydrogen-bond donors (Lipinski definition) is 0. The molecule has 2 unspecified atom stereocenters. The summed E-state index contributed by atoms with van der Waals surface area (Å²) in [5.74, 6) is -0.235. The van der Waals surface area contributed by atoms with E-state index in [9.17, 15) is 4.79 Å². The van der Waals surface area contributed by atoms with E-state index in [1.54, 1.807) is 11.0 Å². The molecule has 3 aromatic rings. The van der Waals surface area contributed by atoms with Crippen LogP contribution in [0.15, 0.2) is 36.9 Å². The third-order valence-electron chi connectivity index (χ3n) is 9.73. The molecule has 0 radical (unpaired) electrons. The minimum atomic E-state index is -0.728. The predicted molar refractivity (Wildman–Crippen MR) is 160 cm³/mol. The molecule has 2 saturated heterocycles. The molecule has 3 heterocycles. The third kappa shape index (κ3) is 4.80. The second-order valence-corrected chi connectivity index (χ2v) is 12.2. The fourth-order valence-electron chi connectivity index (χ4n) is 7.32. The summed E-state index contributed by atoms with van der Waals surface area (Å²) in [7, 11) is 2.05. The number of halogens is 2. The van der Waals surface area contributed by atoms with Crippen molar-refractivity contribution in [2.45, 2.75) is 43.7 Å². The zero-order valence-corrected chi connectivity index (χ0v) is 24.2. The van der Waals surface area contributed by atoms with Gasteiger partial charge >= 0.3 is 6.01 Å². The minimum Gasteiger partial charge on any atom is -0.462 e. The lowest BCUT2D eigenvalue weighted by Crippen LogP contribution is -2.56. The number of hydrogen-bond acceptors (Lipinski definition) is 6. The summed E-state index contributed by atoms with van der Waals surface area (Å²) in [5.41, 5.74) is 2.76. The standard InChI is InChI=1S/C33H34F2N6O2/c1-4-28(42)41-12-11-40(17-21(41)16-36-2)32-26-15-27(34)29(23-9-5-8-22-24-13-19(24)14-25(22)23)30(35)31(26)37-33(38-32)43-18-20-7-6-10-39(20)3/h4-5,8-9,15,19-21,24H,1,6-7,10-14,16-18H2,3H3/t19?,20-,21-,24?/m0/s1. The molecule has 222 valence electrons. The Bertz CT molecular complexity index is 1670. The van der Waals surface area contributed by atoms with Crippen molar-refractivity contribution in [1.29, 1.82) is 0 Å². The van der Waals surface area contributed by atoms with E-state index in [-0.39, 0.29) is 47.5 Å². The highest BCUT2D eigenvalue weighted by atomic mass is 19.1. The highest BCUT2D eigenvalue weighted by Crippen LogP contribution is 2.58. The van der Waals surface area contributed by atoms with E-state index in [0.717, 1.165) is 37.8 Å². The lowest BCUT2D eigenvalue weighted by Gasteiger charge is -2.39. The smallest absolute Gasteiger partial charge is 0.319 e. The van der Waals surface area contributed by atoms with Gasteiger partial charge in [-0.15, -0.1) is 0 Å². The van der Waals surface area contributed by atoms with E-state index in [0.29, 0.717) is 42.9 Å². The van der Waals surface area contributed by atoms with Crippen LogP contribution in [0.1, 0.15) is 36.3 Å². The summed E-state index contributed by atoms with van der Waals surface area (Å²) >= 11 is 0. The first-order chi connectivity index (χ1) is 20.9. The zero-order valence-electron chi connectivity index (χ0n) is 24.2. The number of ether oxygens (including phenoxy) is 1. The lowest BCUT2D eigenvalue weighted by atomic mass is 9.93. The quantitative estimate of drug-likeness (QED) is 0.293. The van der Waals surface area contributed by atoms with Crippen LogP contribution in [-0.4, -0.2) is 84.1 Å². The molecule has 2 aliphatic carbocycles. The maximum atomic E-state index is 16.6. The van der Waals surface area contributed by atoms with E-state index in [4.69, 9.17) is 16.3 Å².